The molecular weight excluding hydrogens is 232 g/mol. The molecule has 0 spiro atoms. The van der Waals surface area contributed by atoms with Gasteiger partial charge in [-0.25, -0.2) is 4.98 Å². The minimum atomic E-state index is 0.345. The summed E-state index contributed by atoms with van der Waals surface area (Å²) in [6, 6.07) is 1.97. The maximum absolute atomic E-state index is 5.69. The summed E-state index contributed by atoms with van der Waals surface area (Å²) >= 11 is 1.74. The van der Waals surface area contributed by atoms with Crippen molar-refractivity contribution in [3.63, 3.8) is 0 Å². The summed E-state index contributed by atoms with van der Waals surface area (Å²) in [5.41, 5.74) is 5.69. The van der Waals surface area contributed by atoms with E-state index in [4.69, 9.17) is 5.73 Å². The van der Waals surface area contributed by atoms with Crippen LogP contribution in [0.5, 0.6) is 0 Å². The molecule has 1 atom stereocenters. The molecule has 1 heterocycles. The normalized spacial score (nSPS) is 12.4. The summed E-state index contributed by atoms with van der Waals surface area (Å²) in [6.45, 7) is 7.48. The summed E-state index contributed by atoms with van der Waals surface area (Å²) < 4.78 is 0. The Morgan fingerprint density at radius 1 is 1.41 bits per heavy atom. The molecule has 0 bridgehead atoms. The standard InChI is InChI=1S/C12H22N4S/c1-4-6-14-10-7-11(16-12(13)15-10)17-8-9(3)5-2/h7,9H,4-6,8H2,1-3H3,(H3,13,14,15,16). The van der Waals surface area contributed by atoms with Gasteiger partial charge in [-0.2, -0.15) is 4.98 Å². The van der Waals surface area contributed by atoms with E-state index in [2.05, 4.69) is 36.1 Å². The van der Waals surface area contributed by atoms with Crippen LogP contribution in [0.1, 0.15) is 33.6 Å². The minimum Gasteiger partial charge on any atom is -0.370 e. The number of nitrogens with one attached hydrogen (secondary N) is 1. The first-order chi connectivity index (χ1) is 8.15. The Labute approximate surface area is 108 Å². The lowest BCUT2D eigenvalue weighted by Gasteiger charge is -2.09. The Balaban J connectivity index is 2.61. The molecule has 0 aromatic carbocycles. The highest BCUT2D eigenvalue weighted by Gasteiger charge is 2.05. The second-order valence-electron chi connectivity index (χ2n) is 4.20. The van der Waals surface area contributed by atoms with Gasteiger partial charge in [-0.3, -0.25) is 0 Å². The first-order valence-corrected chi connectivity index (χ1v) is 7.15. The van der Waals surface area contributed by atoms with Gasteiger partial charge in [-0.1, -0.05) is 27.2 Å². The SMILES string of the molecule is CCCNc1cc(SCC(C)CC)nc(N)n1. The van der Waals surface area contributed by atoms with Crippen molar-refractivity contribution in [3.8, 4) is 0 Å². The number of rotatable bonds is 7. The van der Waals surface area contributed by atoms with Gasteiger partial charge in [0, 0.05) is 18.4 Å². The van der Waals surface area contributed by atoms with Crippen molar-refractivity contribution in [3.05, 3.63) is 6.07 Å². The lowest BCUT2D eigenvalue weighted by molar-refractivity contribution is 0.636. The van der Waals surface area contributed by atoms with E-state index >= 15 is 0 Å². The van der Waals surface area contributed by atoms with E-state index in [1.807, 2.05) is 6.07 Å². The molecule has 1 aromatic rings. The van der Waals surface area contributed by atoms with Crippen LogP contribution in [0.3, 0.4) is 0 Å². The first-order valence-electron chi connectivity index (χ1n) is 6.16. The monoisotopic (exact) mass is 254 g/mol. The van der Waals surface area contributed by atoms with Crippen LogP contribution in [0, 0.1) is 5.92 Å². The number of nitrogens with two attached hydrogens (primary N) is 1. The number of hydrogen-bond donors (Lipinski definition) is 2. The van der Waals surface area contributed by atoms with Crippen molar-refractivity contribution in [2.24, 2.45) is 5.92 Å². The Hall–Kier alpha value is -0.970. The molecule has 0 aliphatic rings. The zero-order valence-corrected chi connectivity index (χ0v) is 11.7. The molecule has 0 aliphatic carbocycles. The van der Waals surface area contributed by atoms with Gasteiger partial charge >= 0.3 is 0 Å². The zero-order valence-electron chi connectivity index (χ0n) is 10.9. The van der Waals surface area contributed by atoms with Gasteiger partial charge in [0.1, 0.15) is 10.8 Å². The largest absolute Gasteiger partial charge is 0.370 e. The van der Waals surface area contributed by atoms with Crippen molar-refractivity contribution < 1.29 is 0 Å². The van der Waals surface area contributed by atoms with E-state index in [0.717, 1.165) is 29.6 Å². The number of nitrogen functional groups attached to an aromatic ring is 1. The molecule has 0 amide bonds. The third-order valence-electron chi connectivity index (χ3n) is 2.49. The molecule has 1 rings (SSSR count). The number of thioether (sulfide) groups is 1. The van der Waals surface area contributed by atoms with E-state index in [1.165, 1.54) is 6.42 Å². The van der Waals surface area contributed by atoms with Crippen molar-refractivity contribution in [2.45, 2.75) is 38.6 Å². The molecule has 0 saturated heterocycles. The average Bonchev–Trinajstić information content (AvgIpc) is 2.32. The molecule has 5 heteroatoms. The molecule has 0 saturated carbocycles. The van der Waals surface area contributed by atoms with Gasteiger partial charge in [-0.15, -0.1) is 11.8 Å². The second kappa shape index (κ2) is 7.37. The van der Waals surface area contributed by atoms with Crippen LogP contribution in [0.4, 0.5) is 11.8 Å². The van der Waals surface area contributed by atoms with Crippen molar-refractivity contribution in [2.75, 3.05) is 23.3 Å². The Kier molecular flexibility index (Phi) is 6.11. The molecule has 0 aliphatic heterocycles. The van der Waals surface area contributed by atoms with Crippen LogP contribution in [0.15, 0.2) is 11.1 Å². The van der Waals surface area contributed by atoms with E-state index < -0.39 is 0 Å². The fourth-order valence-electron chi connectivity index (χ4n) is 1.21. The number of nitrogens with zero attached hydrogens (tertiary/aromatic N) is 2. The van der Waals surface area contributed by atoms with Gasteiger partial charge in [0.2, 0.25) is 5.95 Å². The van der Waals surface area contributed by atoms with Gasteiger partial charge in [0.25, 0.3) is 0 Å². The van der Waals surface area contributed by atoms with Gasteiger partial charge in [-0.05, 0) is 12.3 Å². The fourth-order valence-corrected chi connectivity index (χ4v) is 2.25. The van der Waals surface area contributed by atoms with Gasteiger partial charge in [0.15, 0.2) is 0 Å². The van der Waals surface area contributed by atoms with Crippen LogP contribution >= 0.6 is 11.8 Å². The Bertz CT molecular complexity index is 343. The van der Waals surface area contributed by atoms with Crippen LogP contribution in [-0.2, 0) is 0 Å². The van der Waals surface area contributed by atoms with Crippen molar-refractivity contribution in [1.82, 2.24) is 9.97 Å². The molecule has 4 nitrogen and oxygen atoms in total. The third-order valence-corrected chi connectivity index (χ3v) is 3.73. The smallest absolute Gasteiger partial charge is 0.223 e. The first kappa shape index (κ1) is 14.1. The molecule has 17 heavy (non-hydrogen) atoms. The maximum Gasteiger partial charge on any atom is 0.223 e. The van der Waals surface area contributed by atoms with Crippen LogP contribution in [0.2, 0.25) is 0 Å². The molecule has 96 valence electrons. The van der Waals surface area contributed by atoms with E-state index in [9.17, 15) is 0 Å². The predicted octanol–water partition coefficient (Wildman–Crippen LogP) is 3.02. The van der Waals surface area contributed by atoms with Crippen LogP contribution < -0.4 is 11.1 Å². The summed E-state index contributed by atoms with van der Waals surface area (Å²) in [5, 5.41) is 4.19. The molecule has 1 unspecified atom stereocenters. The predicted molar refractivity (Wildman–Crippen MR) is 75.4 cm³/mol. The van der Waals surface area contributed by atoms with Crippen molar-refractivity contribution in [1.29, 1.82) is 0 Å². The fraction of sp³-hybridized carbons (Fsp3) is 0.667. The van der Waals surface area contributed by atoms with Crippen molar-refractivity contribution >= 4 is 23.5 Å². The molecule has 3 N–H and O–H groups in total. The highest BCUT2D eigenvalue weighted by molar-refractivity contribution is 7.99. The average molecular weight is 254 g/mol. The summed E-state index contributed by atoms with van der Waals surface area (Å²) in [5.74, 6) is 2.94. The number of aromatic nitrogens is 2. The third kappa shape index (κ3) is 5.26. The van der Waals surface area contributed by atoms with Crippen LogP contribution in [0.25, 0.3) is 0 Å². The van der Waals surface area contributed by atoms with Crippen LogP contribution in [-0.4, -0.2) is 22.3 Å². The minimum absolute atomic E-state index is 0.345. The number of anilines is 2. The second-order valence-corrected chi connectivity index (χ2v) is 5.24. The molecule has 0 fully saturated rings. The Morgan fingerprint density at radius 2 is 2.18 bits per heavy atom. The van der Waals surface area contributed by atoms with E-state index in [1.54, 1.807) is 11.8 Å². The van der Waals surface area contributed by atoms with Gasteiger partial charge < -0.3 is 11.1 Å². The highest BCUT2D eigenvalue weighted by Crippen LogP contribution is 2.22. The maximum atomic E-state index is 5.69. The lowest BCUT2D eigenvalue weighted by atomic mass is 10.2. The summed E-state index contributed by atoms with van der Waals surface area (Å²) in [6.07, 6.45) is 2.26. The van der Waals surface area contributed by atoms with E-state index in [0.29, 0.717) is 11.9 Å². The summed E-state index contributed by atoms with van der Waals surface area (Å²) in [4.78, 5) is 8.40. The molecule has 1 aromatic heterocycles. The Morgan fingerprint density at radius 3 is 2.82 bits per heavy atom. The zero-order chi connectivity index (χ0) is 12.7. The number of hydrogen-bond acceptors (Lipinski definition) is 5. The van der Waals surface area contributed by atoms with E-state index in [-0.39, 0.29) is 0 Å². The quantitative estimate of drug-likeness (QED) is 0.578. The highest BCUT2D eigenvalue weighted by atomic mass is 32.2. The summed E-state index contributed by atoms with van der Waals surface area (Å²) in [7, 11) is 0. The molecule has 0 radical (unpaired) electrons. The lowest BCUT2D eigenvalue weighted by Crippen LogP contribution is -2.06. The van der Waals surface area contributed by atoms with Gasteiger partial charge in [0.05, 0.1) is 0 Å². The topological polar surface area (TPSA) is 63.8 Å². The molecular formula is C12H22N4S.